The first-order valence-corrected chi connectivity index (χ1v) is 7.78. The minimum absolute atomic E-state index is 0.0813. The molecule has 140 valence electrons. The average Bonchev–Trinajstić information content (AvgIpc) is 2.96. The molecule has 0 fully saturated rings. The minimum atomic E-state index is -1.08. The van der Waals surface area contributed by atoms with E-state index in [9.17, 15) is 18.0 Å². The zero-order chi connectivity index (χ0) is 19.6. The third kappa shape index (κ3) is 3.86. The van der Waals surface area contributed by atoms with Crippen molar-refractivity contribution in [1.29, 1.82) is 0 Å². The molecule has 0 saturated heterocycles. The Balaban J connectivity index is 1.84. The highest BCUT2D eigenvalue weighted by molar-refractivity contribution is 6.00. The third-order valence-electron chi connectivity index (χ3n) is 3.78. The number of amides is 2. The highest BCUT2D eigenvalue weighted by Crippen LogP contribution is 2.33. The van der Waals surface area contributed by atoms with Gasteiger partial charge in [-0.05, 0) is 30.3 Å². The summed E-state index contributed by atoms with van der Waals surface area (Å²) < 4.78 is 46.8. The predicted octanol–water partition coefficient (Wildman–Crippen LogP) is 4.16. The number of ether oxygens (including phenoxy) is 1. The van der Waals surface area contributed by atoms with Crippen molar-refractivity contribution in [2.24, 2.45) is 7.05 Å². The van der Waals surface area contributed by atoms with Gasteiger partial charge in [-0.1, -0.05) is 0 Å². The van der Waals surface area contributed by atoms with E-state index in [2.05, 4.69) is 15.7 Å². The molecule has 3 aromatic rings. The van der Waals surface area contributed by atoms with Crippen molar-refractivity contribution >= 4 is 17.4 Å². The minimum Gasteiger partial charge on any atom is -0.496 e. The molecule has 0 aliphatic rings. The molecule has 0 unspecified atom stereocenters. The van der Waals surface area contributed by atoms with Crippen LogP contribution in [0.3, 0.4) is 0 Å². The van der Waals surface area contributed by atoms with Gasteiger partial charge in [0.2, 0.25) is 0 Å². The second kappa shape index (κ2) is 7.40. The predicted molar refractivity (Wildman–Crippen MR) is 94.2 cm³/mol. The lowest BCUT2D eigenvalue weighted by Crippen LogP contribution is -2.19. The summed E-state index contributed by atoms with van der Waals surface area (Å²) in [5, 5.41) is 8.78. The normalized spacial score (nSPS) is 10.6. The standard InChI is InChI=1S/C18H15F3N4O2/c1-25-17(15(21)9-22-25)12-7-10(4-6-16(12)27-2)23-18(26)24-11-3-5-13(19)14(20)8-11/h3-9H,1-2H3,(H2,23,24,26). The third-order valence-corrected chi connectivity index (χ3v) is 3.78. The summed E-state index contributed by atoms with van der Waals surface area (Å²) in [6, 6.07) is 6.95. The molecule has 1 aromatic heterocycles. The number of nitrogens with zero attached hydrogens (tertiary/aromatic N) is 2. The zero-order valence-corrected chi connectivity index (χ0v) is 14.4. The smallest absolute Gasteiger partial charge is 0.323 e. The Morgan fingerprint density at radius 2 is 1.67 bits per heavy atom. The average molecular weight is 376 g/mol. The van der Waals surface area contributed by atoms with Crippen molar-refractivity contribution in [2.45, 2.75) is 0 Å². The lowest BCUT2D eigenvalue weighted by Gasteiger charge is -2.13. The second-order valence-corrected chi connectivity index (χ2v) is 5.59. The molecule has 0 spiro atoms. The van der Waals surface area contributed by atoms with E-state index in [1.54, 1.807) is 19.2 Å². The van der Waals surface area contributed by atoms with Gasteiger partial charge in [0.25, 0.3) is 0 Å². The number of benzene rings is 2. The molecule has 2 aromatic carbocycles. The van der Waals surface area contributed by atoms with Gasteiger partial charge in [-0.2, -0.15) is 5.10 Å². The van der Waals surface area contributed by atoms with Gasteiger partial charge in [-0.15, -0.1) is 0 Å². The molecule has 9 heteroatoms. The number of urea groups is 1. The van der Waals surface area contributed by atoms with Crippen LogP contribution in [0.5, 0.6) is 5.75 Å². The summed E-state index contributed by atoms with van der Waals surface area (Å²) in [6.45, 7) is 0. The summed E-state index contributed by atoms with van der Waals surface area (Å²) in [6.07, 6.45) is 1.07. The van der Waals surface area contributed by atoms with Crippen molar-refractivity contribution in [3.8, 4) is 17.0 Å². The molecular weight excluding hydrogens is 361 g/mol. The van der Waals surface area contributed by atoms with Crippen LogP contribution in [0.2, 0.25) is 0 Å². The van der Waals surface area contributed by atoms with E-state index in [1.807, 2.05) is 0 Å². The molecule has 3 rings (SSSR count). The number of anilines is 2. The van der Waals surface area contributed by atoms with Gasteiger partial charge in [0.05, 0.1) is 13.3 Å². The van der Waals surface area contributed by atoms with Crippen LogP contribution in [0.15, 0.2) is 42.6 Å². The van der Waals surface area contributed by atoms with E-state index in [4.69, 9.17) is 4.74 Å². The van der Waals surface area contributed by atoms with E-state index in [1.165, 1.54) is 23.9 Å². The maximum absolute atomic E-state index is 14.1. The van der Waals surface area contributed by atoms with Crippen LogP contribution in [0.1, 0.15) is 0 Å². The summed E-state index contributed by atoms with van der Waals surface area (Å²) in [4.78, 5) is 12.1. The van der Waals surface area contributed by atoms with Crippen LogP contribution >= 0.6 is 0 Å². The van der Waals surface area contributed by atoms with E-state index < -0.39 is 23.5 Å². The largest absolute Gasteiger partial charge is 0.496 e. The fourth-order valence-electron chi connectivity index (χ4n) is 2.55. The highest BCUT2D eigenvalue weighted by atomic mass is 19.2. The SMILES string of the molecule is COc1ccc(NC(=O)Nc2ccc(F)c(F)c2)cc1-c1c(F)cnn1C. The summed E-state index contributed by atoms with van der Waals surface area (Å²) >= 11 is 0. The van der Waals surface area contributed by atoms with E-state index in [0.717, 1.165) is 18.3 Å². The van der Waals surface area contributed by atoms with Gasteiger partial charge < -0.3 is 15.4 Å². The number of carbonyl (C=O) groups is 1. The van der Waals surface area contributed by atoms with E-state index >= 15 is 0 Å². The zero-order valence-electron chi connectivity index (χ0n) is 14.4. The van der Waals surface area contributed by atoms with Gasteiger partial charge in [0, 0.05) is 30.1 Å². The molecule has 0 radical (unpaired) electrons. The number of aryl methyl sites for hydroxylation is 1. The molecule has 0 atom stereocenters. The van der Waals surface area contributed by atoms with Gasteiger partial charge in [-0.25, -0.2) is 18.0 Å². The number of rotatable bonds is 4. The Morgan fingerprint density at radius 3 is 2.26 bits per heavy atom. The first kappa shape index (κ1) is 18.3. The van der Waals surface area contributed by atoms with E-state index in [-0.39, 0.29) is 11.4 Å². The summed E-state index contributed by atoms with van der Waals surface area (Å²) in [5.41, 5.74) is 1.00. The number of halogens is 3. The Kier molecular flexibility index (Phi) is 5.02. The number of hydrogen-bond donors (Lipinski definition) is 2. The maximum atomic E-state index is 14.1. The van der Waals surface area contributed by atoms with Crippen LogP contribution in [-0.4, -0.2) is 22.9 Å². The molecule has 0 aliphatic carbocycles. The number of carbonyl (C=O) groups excluding carboxylic acids is 1. The monoisotopic (exact) mass is 376 g/mol. The first-order valence-electron chi connectivity index (χ1n) is 7.78. The fourth-order valence-corrected chi connectivity index (χ4v) is 2.55. The maximum Gasteiger partial charge on any atom is 0.323 e. The molecular formula is C18H15F3N4O2. The quantitative estimate of drug-likeness (QED) is 0.719. The molecule has 27 heavy (non-hydrogen) atoms. The summed E-state index contributed by atoms with van der Waals surface area (Å²) in [7, 11) is 3.02. The van der Waals surface area contributed by atoms with Crippen molar-refractivity contribution in [3.05, 3.63) is 60.0 Å². The van der Waals surface area contributed by atoms with Crippen LogP contribution < -0.4 is 15.4 Å². The fraction of sp³-hybridized carbons (Fsp3) is 0.111. The highest BCUT2D eigenvalue weighted by Gasteiger charge is 2.17. The topological polar surface area (TPSA) is 68.2 Å². The molecule has 2 N–H and O–H groups in total. The molecule has 0 aliphatic heterocycles. The number of nitrogens with one attached hydrogen (secondary N) is 2. The number of hydrogen-bond acceptors (Lipinski definition) is 3. The van der Waals surface area contributed by atoms with Crippen molar-refractivity contribution in [3.63, 3.8) is 0 Å². The van der Waals surface area contributed by atoms with Crippen LogP contribution in [-0.2, 0) is 7.05 Å². The first-order chi connectivity index (χ1) is 12.9. The van der Waals surface area contributed by atoms with Crippen molar-refractivity contribution in [2.75, 3.05) is 17.7 Å². The Labute approximate surface area is 152 Å². The molecule has 1 heterocycles. The number of methoxy groups -OCH3 is 1. The number of aromatic nitrogens is 2. The van der Waals surface area contributed by atoms with Gasteiger partial charge in [0.15, 0.2) is 17.5 Å². The van der Waals surface area contributed by atoms with Gasteiger partial charge in [0.1, 0.15) is 11.4 Å². The molecule has 0 bridgehead atoms. The van der Waals surface area contributed by atoms with Crippen LogP contribution in [0, 0.1) is 17.5 Å². The second-order valence-electron chi connectivity index (χ2n) is 5.59. The molecule has 6 nitrogen and oxygen atoms in total. The van der Waals surface area contributed by atoms with Gasteiger partial charge >= 0.3 is 6.03 Å². The van der Waals surface area contributed by atoms with Gasteiger partial charge in [-0.3, -0.25) is 4.68 Å². The van der Waals surface area contributed by atoms with Crippen LogP contribution in [0.25, 0.3) is 11.3 Å². The van der Waals surface area contributed by atoms with Crippen LogP contribution in [0.4, 0.5) is 29.3 Å². The van der Waals surface area contributed by atoms with E-state index in [0.29, 0.717) is 17.0 Å². The van der Waals surface area contributed by atoms with Crippen molar-refractivity contribution < 1.29 is 22.7 Å². The molecule has 2 amide bonds. The Morgan fingerprint density at radius 1 is 1.00 bits per heavy atom. The summed E-state index contributed by atoms with van der Waals surface area (Å²) in [5.74, 6) is -2.24. The lowest BCUT2D eigenvalue weighted by atomic mass is 10.1. The van der Waals surface area contributed by atoms with Crippen molar-refractivity contribution in [1.82, 2.24) is 9.78 Å². The molecule has 0 saturated carbocycles. The Bertz CT molecular complexity index is 985. The lowest BCUT2D eigenvalue weighted by molar-refractivity contribution is 0.262. The Hall–Kier alpha value is -3.49.